The zero-order valence-electron chi connectivity index (χ0n) is 23.0. The second kappa shape index (κ2) is 10.3. The van der Waals surface area contributed by atoms with Crippen LogP contribution in [-0.2, 0) is 25.9 Å². The van der Waals surface area contributed by atoms with E-state index in [1.165, 1.54) is 0 Å². The van der Waals surface area contributed by atoms with Crippen LogP contribution < -0.4 is 5.56 Å². The highest BCUT2D eigenvalue weighted by Crippen LogP contribution is 2.33. The standard InChI is InChI=1S/C33H27BrClN5O2/c1-20-26-10-9-25(15-24(26)18-37(20)2)39-31-23(14-21-6-4-3-5-7-21)17-36-40(31)30-19-38(13-12-27(30)33(39)42)32(41)22-8-11-28(34)29(35)16-22/h3-11,15-17H,1,12-14,18-19H2,2H3. The molecule has 1 amide bonds. The van der Waals surface area contributed by atoms with E-state index in [-0.39, 0.29) is 18.0 Å². The average molecular weight is 641 g/mol. The number of aromatic nitrogens is 3. The minimum Gasteiger partial charge on any atom is -0.370 e. The van der Waals surface area contributed by atoms with Gasteiger partial charge in [-0.3, -0.25) is 14.2 Å². The topological polar surface area (TPSA) is 62.9 Å². The maximum atomic E-state index is 14.4. The molecule has 0 bridgehead atoms. The summed E-state index contributed by atoms with van der Waals surface area (Å²) in [4.78, 5) is 31.8. The largest absolute Gasteiger partial charge is 0.370 e. The minimum atomic E-state index is -0.132. The van der Waals surface area contributed by atoms with Crippen molar-refractivity contribution in [3.8, 4) is 5.69 Å². The summed E-state index contributed by atoms with van der Waals surface area (Å²) < 4.78 is 4.40. The highest BCUT2D eigenvalue weighted by Gasteiger charge is 2.30. The highest BCUT2D eigenvalue weighted by molar-refractivity contribution is 9.10. The Morgan fingerprint density at radius 1 is 1.07 bits per heavy atom. The predicted octanol–water partition coefficient (Wildman–Crippen LogP) is 6.11. The van der Waals surface area contributed by atoms with E-state index in [1.807, 2.05) is 42.0 Å². The zero-order valence-corrected chi connectivity index (χ0v) is 25.3. The van der Waals surface area contributed by atoms with Gasteiger partial charge >= 0.3 is 0 Å². The molecule has 210 valence electrons. The van der Waals surface area contributed by atoms with Crippen molar-refractivity contribution in [3.63, 3.8) is 0 Å². The lowest BCUT2D eigenvalue weighted by molar-refractivity contribution is 0.0729. The van der Waals surface area contributed by atoms with Gasteiger partial charge in [0, 0.05) is 59.0 Å². The van der Waals surface area contributed by atoms with E-state index in [2.05, 4.69) is 51.7 Å². The van der Waals surface area contributed by atoms with Gasteiger partial charge < -0.3 is 9.80 Å². The molecule has 0 unspecified atom stereocenters. The monoisotopic (exact) mass is 639 g/mol. The van der Waals surface area contributed by atoms with Crippen LogP contribution in [0.1, 0.15) is 43.9 Å². The number of amides is 1. The van der Waals surface area contributed by atoms with Gasteiger partial charge in [0.15, 0.2) is 0 Å². The molecule has 7 nitrogen and oxygen atoms in total. The number of carbonyl (C=O) groups excluding carboxylic acids is 1. The van der Waals surface area contributed by atoms with E-state index in [4.69, 9.17) is 16.7 Å². The van der Waals surface area contributed by atoms with E-state index >= 15 is 0 Å². The number of hydrogen-bond donors (Lipinski definition) is 0. The molecule has 0 N–H and O–H groups in total. The molecule has 7 rings (SSSR count). The second-order valence-electron chi connectivity index (χ2n) is 10.9. The Balaban J connectivity index is 1.38. The zero-order chi connectivity index (χ0) is 29.1. The first-order chi connectivity index (χ1) is 20.3. The Bertz CT molecular complexity index is 1980. The summed E-state index contributed by atoms with van der Waals surface area (Å²) in [5, 5.41) is 5.29. The maximum Gasteiger partial charge on any atom is 0.261 e. The Hall–Kier alpha value is -4.14. The quantitative estimate of drug-likeness (QED) is 0.238. The van der Waals surface area contributed by atoms with Crippen LogP contribution >= 0.6 is 27.5 Å². The fourth-order valence-corrected chi connectivity index (χ4v) is 6.49. The molecular weight excluding hydrogens is 614 g/mol. The van der Waals surface area contributed by atoms with Crippen LogP contribution in [0.5, 0.6) is 0 Å². The predicted molar refractivity (Wildman–Crippen MR) is 168 cm³/mol. The van der Waals surface area contributed by atoms with E-state index in [1.54, 1.807) is 27.7 Å². The number of halogens is 2. The third kappa shape index (κ3) is 4.37. The minimum absolute atomic E-state index is 0.0729. The Kier molecular flexibility index (Phi) is 6.55. The van der Waals surface area contributed by atoms with Crippen molar-refractivity contribution in [2.45, 2.75) is 25.9 Å². The van der Waals surface area contributed by atoms with Gasteiger partial charge in [-0.2, -0.15) is 5.10 Å². The lowest BCUT2D eigenvalue weighted by Gasteiger charge is -2.30. The van der Waals surface area contributed by atoms with Crippen molar-refractivity contribution in [1.29, 1.82) is 0 Å². The number of benzene rings is 3. The number of carbonyl (C=O) groups is 1. The lowest BCUT2D eigenvalue weighted by atomic mass is 10.0. The molecule has 0 radical (unpaired) electrons. The van der Waals surface area contributed by atoms with Crippen molar-refractivity contribution in [2.75, 3.05) is 13.6 Å². The van der Waals surface area contributed by atoms with Crippen LogP contribution in [0.3, 0.4) is 0 Å². The normalized spacial score (nSPS) is 14.4. The summed E-state index contributed by atoms with van der Waals surface area (Å²) >= 11 is 9.68. The molecule has 3 aromatic carbocycles. The first-order valence-corrected chi connectivity index (χ1v) is 14.9. The fourth-order valence-electron chi connectivity index (χ4n) is 6.07. The molecule has 5 aromatic rings. The van der Waals surface area contributed by atoms with Gasteiger partial charge in [-0.15, -0.1) is 0 Å². The van der Waals surface area contributed by atoms with Gasteiger partial charge in [-0.05, 0) is 63.8 Å². The second-order valence-corrected chi connectivity index (χ2v) is 12.1. The molecule has 2 aliphatic rings. The molecule has 2 aliphatic heterocycles. The number of hydrogen-bond acceptors (Lipinski definition) is 4. The summed E-state index contributed by atoms with van der Waals surface area (Å²) in [5.41, 5.74) is 8.64. The molecular formula is C33H27BrClN5O2. The van der Waals surface area contributed by atoms with Gasteiger partial charge in [0.2, 0.25) is 0 Å². The maximum absolute atomic E-state index is 14.4. The Morgan fingerprint density at radius 2 is 1.88 bits per heavy atom. The van der Waals surface area contributed by atoms with Crippen LogP contribution in [0.25, 0.3) is 17.0 Å². The molecule has 0 atom stereocenters. The molecule has 9 heteroatoms. The third-order valence-corrected chi connectivity index (χ3v) is 9.52. The summed E-state index contributed by atoms with van der Waals surface area (Å²) in [6, 6.07) is 21.5. The molecule has 0 spiro atoms. The van der Waals surface area contributed by atoms with Crippen LogP contribution in [0.4, 0.5) is 0 Å². The number of nitrogens with zero attached hydrogens (tertiary/aromatic N) is 5. The average Bonchev–Trinajstić information content (AvgIpc) is 3.54. The van der Waals surface area contributed by atoms with Crippen LogP contribution in [0.2, 0.25) is 5.02 Å². The molecule has 0 saturated heterocycles. The summed E-state index contributed by atoms with van der Waals surface area (Å²) in [6.45, 7) is 5.65. The van der Waals surface area contributed by atoms with E-state index < -0.39 is 0 Å². The first-order valence-electron chi connectivity index (χ1n) is 13.8. The molecule has 0 aliphatic carbocycles. The smallest absolute Gasteiger partial charge is 0.261 e. The molecule has 2 aromatic heterocycles. The Morgan fingerprint density at radius 3 is 2.67 bits per heavy atom. The lowest BCUT2D eigenvalue weighted by Crippen LogP contribution is -2.41. The van der Waals surface area contributed by atoms with Crippen molar-refractivity contribution >= 4 is 44.8 Å². The number of rotatable bonds is 4. The van der Waals surface area contributed by atoms with Gasteiger partial charge in [0.1, 0.15) is 5.65 Å². The van der Waals surface area contributed by atoms with Gasteiger partial charge in [0.25, 0.3) is 11.5 Å². The summed E-state index contributed by atoms with van der Waals surface area (Å²) in [5.74, 6) is -0.132. The molecule has 0 fully saturated rings. The molecule has 0 saturated carbocycles. The van der Waals surface area contributed by atoms with Crippen molar-refractivity contribution < 1.29 is 4.79 Å². The van der Waals surface area contributed by atoms with Gasteiger partial charge in [0.05, 0.1) is 29.1 Å². The fraction of sp³-hybridized carbons (Fsp3) is 0.182. The third-order valence-electron chi connectivity index (χ3n) is 8.28. The Labute approximate surface area is 256 Å². The van der Waals surface area contributed by atoms with Crippen molar-refractivity contribution in [3.05, 3.63) is 138 Å². The van der Waals surface area contributed by atoms with E-state index in [0.717, 1.165) is 50.3 Å². The summed E-state index contributed by atoms with van der Waals surface area (Å²) in [7, 11) is 2.02. The first kappa shape index (κ1) is 26.7. The SMILES string of the molecule is C=C1c2ccc(-n3c(=O)c4c(n5ncc(Cc6ccccc6)c35)CN(C(=O)c3ccc(Br)c(Cl)c3)CC4)cc2CN1C. The highest BCUT2D eigenvalue weighted by atomic mass is 79.9. The van der Waals surface area contributed by atoms with Crippen LogP contribution in [0.15, 0.2) is 88.8 Å². The van der Waals surface area contributed by atoms with E-state index in [0.29, 0.717) is 41.2 Å². The van der Waals surface area contributed by atoms with E-state index in [9.17, 15) is 9.59 Å². The van der Waals surface area contributed by atoms with Crippen LogP contribution in [-0.4, -0.2) is 43.5 Å². The summed E-state index contributed by atoms with van der Waals surface area (Å²) in [6.07, 6.45) is 2.89. The van der Waals surface area contributed by atoms with Crippen LogP contribution in [0, 0.1) is 0 Å². The number of fused-ring (bicyclic) bond motifs is 4. The van der Waals surface area contributed by atoms with Gasteiger partial charge in [-0.25, -0.2) is 4.52 Å². The molecule has 4 heterocycles. The van der Waals surface area contributed by atoms with Gasteiger partial charge in [-0.1, -0.05) is 54.6 Å². The molecule has 42 heavy (non-hydrogen) atoms. The van der Waals surface area contributed by atoms with Crippen molar-refractivity contribution in [2.24, 2.45) is 0 Å². The van der Waals surface area contributed by atoms with Crippen molar-refractivity contribution in [1.82, 2.24) is 24.0 Å².